The highest BCUT2D eigenvalue weighted by Crippen LogP contribution is 2.15. The number of carbonyl (C=O) groups excluding carboxylic acids is 1. The molecule has 0 fully saturated rings. The lowest BCUT2D eigenvalue weighted by Gasteiger charge is -2.02. The highest BCUT2D eigenvalue weighted by Gasteiger charge is 2.07. The Labute approximate surface area is 125 Å². The highest BCUT2D eigenvalue weighted by molar-refractivity contribution is 7.12. The molecule has 2 aromatic heterocycles. The lowest BCUT2D eigenvalue weighted by atomic mass is 10.2. The van der Waals surface area contributed by atoms with Crippen molar-refractivity contribution in [3.05, 3.63) is 51.5 Å². The summed E-state index contributed by atoms with van der Waals surface area (Å²) in [5.41, 5.74) is 0.683. The number of aliphatic hydroxyl groups is 1. The van der Waals surface area contributed by atoms with Crippen LogP contribution < -0.4 is 5.32 Å². The van der Waals surface area contributed by atoms with Gasteiger partial charge in [-0.2, -0.15) is 5.26 Å². The highest BCUT2D eigenvalue weighted by atomic mass is 32.1. The van der Waals surface area contributed by atoms with Gasteiger partial charge in [0.25, 0.3) is 5.91 Å². The zero-order valence-electron chi connectivity index (χ0n) is 11.0. The first-order chi connectivity index (χ1) is 10.2. The fourth-order valence-electron chi connectivity index (χ4n) is 1.52. The predicted octanol–water partition coefficient (Wildman–Crippen LogP) is 1.29. The van der Waals surface area contributed by atoms with Gasteiger partial charge in [-0.1, -0.05) is 11.8 Å². The molecule has 6 heteroatoms. The Kier molecular flexibility index (Phi) is 5.05. The second kappa shape index (κ2) is 7.20. The molecule has 0 saturated carbocycles. The molecule has 0 bridgehead atoms. The Hall–Kier alpha value is -2.67. The third kappa shape index (κ3) is 4.15. The molecule has 2 aromatic rings. The number of amides is 1. The zero-order valence-corrected chi connectivity index (χ0v) is 11.8. The summed E-state index contributed by atoms with van der Waals surface area (Å²) in [5.74, 6) is 5.09. The van der Waals surface area contributed by atoms with E-state index in [-0.39, 0.29) is 18.2 Å². The number of nitriles is 1. The Morgan fingerprint density at radius 2 is 2.24 bits per heavy atom. The fraction of sp³-hybridized carbons (Fsp3) is 0.133. The molecule has 1 amide bonds. The average Bonchev–Trinajstić information content (AvgIpc) is 2.98. The van der Waals surface area contributed by atoms with Crippen LogP contribution >= 0.6 is 11.3 Å². The molecule has 0 saturated heterocycles. The van der Waals surface area contributed by atoms with E-state index in [1.165, 1.54) is 23.6 Å². The van der Waals surface area contributed by atoms with Gasteiger partial charge < -0.3 is 10.4 Å². The molecule has 104 valence electrons. The number of rotatable bonds is 3. The maximum atomic E-state index is 11.9. The average molecular weight is 297 g/mol. The molecule has 0 aliphatic heterocycles. The van der Waals surface area contributed by atoms with Gasteiger partial charge in [-0.05, 0) is 24.3 Å². The van der Waals surface area contributed by atoms with Crippen LogP contribution in [0.4, 0.5) is 0 Å². The van der Waals surface area contributed by atoms with Crippen LogP contribution in [0.5, 0.6) is 0 Å². The van der Waals surface area contributed by atoms with Gasteiger partial charge in [-0.15, -0.1) is 11.3 Å². The maximum absolute atomic E-state index is 11.9. The van der Waals surface area contributed by atoms with Gasteiger partial charge in [0.05, 0.1) is 17.0 Å². The number of pyridine rings is 1. The quantitative estimate of drug-likeness (QED) is 0.836. The molecule has 2 heterocycles. The summed E-state index contributed by atoms with van der Waals surface area (Å²) in [5, 5.41) is 20.0. The number of nitrogens with zero attached hydrogens (tertiary/aromatic N) is 2. The van der Waals surface area contributed by atoms with E-state index in [1.54, 1.807) is 6.07 Å². The minimum absolute atomic E-state index is 0.172. The Morgan fingerprint density at radius 3 is 2.90 bits per heavy atom. The van der Waals surface area contributed by atoms with Gasteiger partial charge in [0.15, 0.2) is 0 Å². The van der Waals surface area contributed by atoms with Crippen molar-refractivity contribution in [2.75, 3.05) is 6.61 Å². The van der Waals surface area contributed by atoms with Crippen molar-refractivity contribution < 1.29 is 9.90 Å². The van der Waals surface area contributed by atoms with Crippen molar-refractivity contribution in [1.82, 2.24) is 10.3 Å². The summed E-state index contributed by atoms with van der Waals surface area (Å²) in [6, 6.07) is 8.73. The van der Waals surface area contributed by atoms with Crippen LogP contribution in [0.15, 0.2) is 30.5 Å². The molecule has 0 aromatic carbocycles. The van der Waals surface area contributed by atoms with Gasteiger partial charge in [0.2, 0.25) is 0 Å². The topological polar surface area (TPSA) is 86.0 Å². The van der Waals surface area contributed by atoms with Crippen molar-refractivity contribution in [2.24, 2.45) is 0 Å². The third-order valence-electron chi connectivity index (χ3n) is 2.50. The molecule has 0 aliphatic rings. The van der Waals surface area contributed by atoms with Gasteiger partial charge in [-0.3, -0.25) is 4.79 Å². The van der Waals surface area contributed by atoms with Crippen molar-refractivity contribution in [2.45, 2.75) is 6.54 Å². The molecule has 2 N–H and O–H groups in total. The predicted molar refractivity (Wildman–Crippen MR) is 78.4 cm³/mol. The molecular formula is C15H11N3O2S. The minimum atomic E-state index is -0.295. The zero-order chi connectivity index (χ0) is 15.1. The Morgan fingerprint density at radius 1 is 1.38 bits per heavy atom. The first kappa shape index (κ1) is 14.7. The number of hydrogen-bond donors (Lipinski definition) is 2. The summed E-state index contributed by atoms with van der Waals surface area (Å²) in [7, 11) is 0. The summed E-state index contributed by atoms with van der Waals surface area (Å²) >= 11 is 1.45. The van der Waals surface area contributed by atoms with Gasteiger partial charge >= 0.3 is 0 Å². The molecule has 2 rings (SSSR count). The van der Waals surface area contributed by atoms with E-state index in [9.17, 15) is 4.79 Å². The first-order valence-electron chi connectivity index (χ1n) is 6.05. The van der Waals surface area contributed by atoms with Crippen LogP contribution in [0.25, 0.3) is 0 Å². The molecular weight excluding hydrogens is 286 g/mol. The second-order valence-corrected chi connectivity index (χ2v) is 5.12. The largest absolute Gasteiger partial charge is 0.384 e. The van der Waals surface area contributed by atoms with Crippen LogP contribution in [0.3, 0.4) is 0 Å². The molecule has 5 nitrogen and oxygen atoms in total. The monoisotopic (exact) mass is 297 g/mol. The summed E-state index contributed by atoms with van der Waals surface area (Å²) in [6.45, 7) is 0.209. The molecule has 0 aliphatic carbocycles. The normalized spacial score (nSPS) is 9.33. The Balaban J connectivity index is 1.94. The summed E-state index contributed by atoms with van der Waals surface area (Å²) in [6.07, 6.45) is 1.36. The van der Waals surface area contributed by atoms with E-state index in [4.69, 9.17) is 10.4 Å². The van der Waals surface area contributed by atoms with E-state index in [1.807, 2.05) is 18.2 Å². The molecule has 0 atom stereocenters. The van der Waals surface area contributed by atoms with Gasteiger partial charge in [0, 0.05) is 11.1 Å². The smallest absolute Gasteiger partial charge is 0.270 e. The maximum Gasteiger partial charge on any atom is 0.270 e. The summed E-state index contributed by atoms with van der Waals surface area (Å²) in [4.78, 5) is 17.6. The standard InChI is InChI=1S/C15H11N3O2S/c16-8-11-3-6-14(17-9-11)15(20)18-10-13-5-4-12(21-13)2-1-7-19/h3-6,9,19H,7,10H2,(H,18,20). The van der Waals surface area contributed by atoms with Crippen LogP contribution in [0, 0.1) is 23.2 Å². The number of carbonyl (C=O) groups is 1. The van der Waals surface area contributed by atoms with E-state index in [2.05, 4.69) is 22.1 Å². The van der Waals surface area contributed by atoms with Crippen LogP contribution in [-0.2, 0) is 6.54 Å². The summed E-state index contributed by atoms with van der Waals surface area (Å²) < 4.78 is 0. The minimum Gasteiger partial charge on any atom is -0.384 e. The second-order valence-electron chi connectivity index (χ2n) is 3.95. The lowest BCUT2D eigenvalue weighted by Crippen LogP contribution is -2.23. The Bertz CT molecular complexity index is 733. The number of aliphatic hydroxyl groups excluding tert-OH is 1. The molecule has 21 heavy (non-hydrogen) atoms. The van der Waals surface area contributed by atoms with E-state index in [0.29, 0.717) is 12.1 Å². The third-order valence-corrected chi connectivity index (χ3v) is 3.50. The van der Waals surface area contributed by atoms with Crippen molar-refractivity contribution in [3.63, 3.8) is 0 Å². The SMILES string of the molecule is N#Cc1ccc(C(=O)NCc2ccc(C#CCO)s2)nc1. The number of aromatic nitrogens is 1. The number of nitrogens with one attached hydrogen (secondary N) is 1. The van der Waals surface area contributed by atoms with Crippen LogP contribution in [0.2, 0.25) is 0 Å². The van der Waals surface area contributed by atoms with Gasteiger partial charge in [0.1, 0.15) is 18.4 Å². The fourth-order valence-corrected chi connectivity index (χ4v) is 2.34. The van der Waals surface area contributed by atoms with Crippen molar-refractivity contribution >= 4 is 17.2 Å². The van der Waals surface area contributed by atoms with E-state index >= 15 is 0 Å². The van der Waals surface area contributed by atoms with Crippen LogP contribution in [-0.4, -0.2) is 22.6 Å². The van der Waals surface area contributed by atoms with E-state index < -0.39 is 0 Å². The molecule has 0 unspecified atom stereocenters. The van der Waals surface area contributed by atoms with E-state index in [0.717, 1.165) is 9.75 Å². The lowest BCUT2D eigenvalue weighted by molar-refractivity contribution is 0.0946. The van der Waals surface area contributed by atoms with Crippen molar-refractivity contribution in [3.8, 4) is 17.9 Å². The van der Waals surface area contributed by atoms with Gasteiger partial charge in [-0.25, -0.2) is 4.98 Å². The van der Waals surface area contributed by atoms with Crippen molar-refractivity contribution in [1.29, 1.82) is 5.26 Å². The number of thiophene rings is 1. The number of hydrogen-bond acceptors (Lipinski definition) is 5. The molecule has 0 spiro atoms. The first-order valence-corrected chi connectivity index (χ1v) is 6.87. The van der Waals surface area contributed by atoms with Crippen LogP contribution in [0.1, 0.15) is 25.8 Å². The molecule has 0 radical (unpaired) electrons.